The molecule has 19 heavy (non-hydrogen) atoms. The number of anilines is 1. The van der Waals surface area contributed by atoms with E-state index >= 15 is 0 Å². The average molecular weight is 283 g/mol. The molecule has 2 aromatic rings. The minimum absolute atomic E-state index is 0.0770. The van der Waals surface area contributed by atoms with E-state index in [1.807, 2.05) is 6.92 Å². The molecule has 2 rings (SSSR count). The van der Waals surface area contributed by atoms with Gasteiger partial charge in [-0.3, -0.25) is 5.10 Å². The van der Waals surface area contributed by atoms with Gasteiger partial charge < -0.3 is 5.32 Å². The summed E-state index contributed by atoms with van der Waals surface area (Å²) in [6.07, 6.45) is 2.68. The number of rotatable bonds is 4. The van der Waals surface area contributed by atoms with E-state index in [0.717, 1.165) is 18.0 Å². The van der Waals surface area contributed by atoms with E-state index in [0.29, 0.717) is 0 Å². The third-order valence-corrected chi connectivity index (χ3v) is 3.84. The van der Waals surface area contributed by atoms with Gasteiger partial charge in [0.25, 0.3) is 0 Å². The molecule has 0 spiro atoms. The largest absolute Gasteiger partial charge is 0.375 e. The fourth-order valence-electron chi connectivity index (χ4n) is 1.66. The Morgan fingerprint density at radius 1 is 1.37 bits per heavy atom. The van der Waals surface area contributed by atoms with Crippen LogP contribution in [0, 0.1) is 5.82 Å². The number of sulfone groups is 1. The molecular formula is C12H14FN3O2S. The molecule has 0 fully saturated rings. The Morgan fingerprint density at radius 3 is 2.68 bits per heavy atom. The zero-order valence-corrected chi connectivity index (χ0v) is 11.3. The molecule has 0 aliphatic carbocycles. The van der Waals surface area contributed by atoms with Crippen LogP contribution in [0.4, 0.5) is 10.1 Å². The van der Waals surface area contributed by atoms with E-state index < -0.39 is 15.7 Å². The molecule has 5 nitrogen and oxygen atoms in total. The van der Waals surface area contributed by atoms with Crippen molar-refractivity contribution in [2.45, 2.75) is 17.9 Å². The fourth-order valence-corrected chi connectivity index (χ4v) is 2.31. The maximum Gasteiger partial charge on any atom is 0.175 e. The van der Waals surface area contributed by atoms with Gasteiger partial charge >= 0.3 is 0 Å². The summed E-state index contributed by atoms with van der Waals surface area (Å²) in [6, 6.07) is 5.22. The van der Waals surface area contributed by atoms with E-state index in [4.69, 9.17) is 0 Å². The zero-order valence-electron chi connectivity index (χ0n) is 10.5. The Hall–Kier alpha value is -1.89. The van der Waals surface area contributed by atoms with E-state index in [1.165, 1.54) is 12.1 Å². The minimum Gasteiger partial charge on any atom is -0.375 e. The first-order valence-corrected chi connectivity index (χ1v) is 7.52. The molecule has 0 aliphatic heterocycles. The molecule has 0 saturated carbocycles. The summed E-state index contributed by atoms with van der Waals surface area (Å²) in [5, 5.41) is 9.49. The lowest BCUT2D eigenvalue weighted by Gasteiger charge is -2.15. The van der Waals surface area contributed by atoms with Gasteiger partial charge in [-0.2, -0.15) is 5.10 Å². The Balaban J connectivity index is 2.30. The summed E-state index contributed by atoms with van der Waals surface area (Å²) in [4.78, 5) is 0.0770. The third-order valence-electron chi connectivity index (χ3n) is 2.73. The van der Waals surface area contributed by atoms with Crippen LogP contribution < -0.4 is 5.32 Å². The minimum atomic E-state index is -3.36. The average Bonchev–Trinajstić information content (AvgIpc) is 2.84. The van der Waals surface area contributed by atoms with E-state index in [9.17, 15) is 12.8 Å². The molecule has 0 aliphatic rings. The van der Waals surface area contributed by atoms with Crippen molar-refractivity contribution in [2.24, 2.45) is 0 Å². The first kappa shape index (κ1) is 13.5. The number of aromatic amines is 1. The Kier molecular flexibility index (Phi) is 3.57. The van der Waals surface area contributed by atoms with E-state index in [1.54, 1.807) is 12.3 Å². The van der Waals surface area contributed by atoms with Crippen LogP contribution in [0.25, 0.3) is 0 Å². The Morgan fingerprint density at radius 2 is 2.11 bits per heavy atom. The molecule has 0 saturated heterocycles. The fraction of sp³-hybridized carbons (Fsp3) is 0.250. The number of nitrogens with zero attached hydrogens (tertiary/aromatic N) is 1. The normalized spacial score (nSPS) is 13.2. The summed E-state index contributed by atoms with van der Waals surface area (Å²) in [5.41, 5.74) is 0.925. The number of aromatic nitrogens is 2. The van der Waals surface area contributed by atoms with Crippen molar-refractivity contribution in [3.05, 3.63) is 42.0 Å². The summed E-state index contributed by atoms with van der Waals surface area (Å²) < 4.78 is 36.6. The molecule has 7 heteroatoms. The van der Waals surface area contributed by atoms with Crippen molar-refractivity contribution < 1.29 is 12.8 Å². The van der Waals surface area contributed by atoms with Crippen LogP contribution in [-0.4, -0.2) is 24.9 Å². The zero-order chi connectivity index (χ0) is 14.0. The van der Waals surface area contributed by atoms with E-state index in [-0.39, 0.29) is 16.6 Å². The molecule has 2 N–H and O–H groups in total. The molecule has 1 atom stereocenters. The van der Waals surface area contributed by atoms with Crippen molar-refractivity contribution in [3.8, 4) is 0 Å². The number of benzene rings is 1. The van der Waals surface area contributed by atoms with Gasteiger partial charge in [0.05, 0.1) is 22.3 Å². The highest BCUT2D eigenvalue weighted by atomic mass is 32.2. The highest BCUT2D eigenvalue weighted by molar-refractivity contribution is 7.90. The monoisotopic (exact) mass is 283 g/mol. The topological polar surface area (TPSA) is 74.8 Å². The van der Waals surface area contributed by atoms with Crippen LogP contribution in [0.15, 0.2) is 35.4 Å². The Bertz CT molecular complexity index is 668. The number of nitrogens with one attached hydrogen (secondary N) is 2. The lowest BCUT2D eigenvalue weighted by atomic mass is 10.2. The lowest BCUT2D eigenvalue weighted by molar-refractivity contribution is 0.600. The van der Waals surface area contributed by atoms with Crippen molar-refractivity contribution in [1.82, 2.24) is 10.2 Å². The van der Waals surface area contributed by atoms with Crippen LogP contribution in [0.2, 0.25) is 0 Å². The molecule has 0 radical (unpaired) electrons. The number of hydrogen-bond acceptors (Lipinski definition) is 4. The van der Waals surface area contributed by atoms with E-state index in [2.05, 4.69) is 15.5 Å². The lowest BCUT2D eigenvalue weighted by Crippen LogP contribution is -2.09. The molecular weight excluding hydrogens is 269 g/mol. The van der Waals surface area contributed by atoms with Gasteiger partial charge in [0.1, 0.15) is 5.82 Å². The highest BCUT2D eigenvalue weighted by Crippen LogP contribution is 2.23. The summed E-state index contributed by atoms with van der Waals surface area (Å²) in [5.74, 6) is -0.501. The van der Waals surface area contributed by atoms with Crippen molar-refractivity contribution >= 4 is 15.5 Å². The second-order valence-electron chi connectivity index (χ2n) is 4.29. The van der Waals surface area contributed by atoms with Gasteiger partial charge in [-0.05, 0) is 31.2 Å². The smallest absolute Gasteiger partial charge is 0.175 e. The first-order chi connectivity index (χ1) is 8.88. The second-order valence-corrected chi connectivity index (χ2v) is 6.31. The van der Waals surface area contributed by atoms with Gasteiger partial charge in [-0.1, -0.05) is 0 Å². The standard InChI is InChI=1S/C12H14FN3O2S/c1-8(11-5-6-14-16-11)15-12-7-9(19(2,17)18)3-4-10(12)13/h3-8,15H,1-2H3,(H,14,16). The number of H-pyrrole nitrogens is 1. The van der Waals surface area contributed by atoms with Crippen LogP contribution in [0.5, 0.6) is 0 Å². The van der Waals surface area contributed by atoms with Crippen LogP contribution in [-0.2, 0) is 9.84 Å². The second kappa shape index (κ2) is 5.00. The van der Waals surface area contributed by atoms with Gasteiger partial charge in [0.15, 0.2) is 9.84 Å². The predicted molar refractivity (Wildman–Crippen MR) is 70.1 cm³/mol. The highest BCUT2D eigenvalue weighted by Gasteiger charge is 2.13. The summed E-state index contributed by atoms with van der Waals surface area (Å²) in [7, 11) is -3.36. The summed E-state index contributed by atoms with van der Waals surface area (Å²) >= 11 is 0. The predicted octanol–water partition coefficient (Wildman–Crippen LogP) is 2.13. The molecule has 1 unspecified atom stereocenters. The van der Waals surface area contributed by atoms with Gasteiger partial charge in [-0.15, -0.1) is 0 Å². The van der Waals surface area contributed by atoms with Crippen LogP contribution >= 0.6 is 0 Å². The van der Waals surface area contributed by atoms with Crippen molar-refractivity contribution in [3.63, 3.8) is 0 Å². The third kappa shape index (κ3) is 3.11. The molecule has 1 aromatic carbocycles. The van der Waals surface area contributed by atoms with Crippen LogP contribution in [0.3, 0.4) is 0 Å². The van der Waals surface area contributed by atoms with Crippen molar-refractivity contribution in [1.29, 1.82) is 0 Å². The number of hydrogen-bond donors (Lipinski definition) is 2. The summed E-state index contributed by atoms with van der Waals surface area (Å²) in [6.45, 7) is 1.82. The quantitative estimate of drug-likeness (QED) is 0.843. The Labute approximate surface area is 110 Å². The molecule has 0 bridgehead atoms. The maximum atomic E-state index is 13.7. The maximum absolute atomic E-state index is 13.7. The van der Waals surface area contributed by atoms with Gasteiger partial charge in [0.2, 0.25) is 0 Å². The molecule has 102 valence electrons. The molecule has 0 amide bonds. The van der Waals surface area contributed by atoms with Gasteiger partial charge in [0, 0.05) is 12.5 Å². The van der Waals surface area contributed by atoms with Gasteiger partial charge in [-0.25, -0.2) is 12.8 Å². The first-order valence-electron chi connectivity index (χ1n) is 5.63. The molecule has 1 aromatic heterocycles. The van der Waals surface area contributed by atoms with Crippen molar-refractivity contribution in [2.75, 3.05) is 11.6 Å². The molecule has 1 heterocycles. The van der Waals surface area contributed by atoms with Crippen LogP contribution in [0.1, 0.15) is 18.7 Å². The SMILES string of the molecule is CC(Nc1cc(S(C)(=O)=O)ccc1F)c1ccn[nH]1. The number of halogens is 1.